The van der Waals surface area contributed by atoms with E-state index >= 15 is 0 Å². The zero-order chi connectivity index (χ0) is 17.4. The van der Waals surface area contributed by atoms with Crippen molar-refractivity contribution in [2.75, 3.05) is 0 Å². The number of pyridine rings is 1. The van der Waals surface area contributed by atoms with Gasteiger partial charge < -0.3 is 9.67 Å². The number of hydrogen-bond acceptors (Lipinski definition) is 6. The molecule has 24 heavy (non-hydrogen) atoms. The second-order valence-electron chi connectivity index (χ2n) is 5.20. The van der Waals surface area contributed by atoms with E-state index < -0.39 is 16.2 Å². The first kappa shape index (κ1) is 15.6. The highest BCUT2D eigenvalue weighted by molar-refractivity contribution is 5.92. The molecule has 0 atom stereocenters. The third-order valence-corrected chi connectivity index (χ3v) is 3.79. The van der Waals surface area contributed by atoms with Gasteiger partial charge in [-0.1, -0.05) is 12.1 Å². The average molecular weight is 326 g/mol. The minimum Gasteiger partial charge on any atom is -0.506 e. The highest BCUT2D eigenvalue weighted by atomic mass is 16.6. The Labute approximate surface area is 136 Å². The van der Waals surface area contributed by atoms with Gasteiger partial charge in [-0.15, -0.1) is 0 Å². The van der Waals surface area contributed by atoms with E-state index in [1.807, 2.05) is 0 Å². The molecule has 0 aliphatic rings. The van der Waals surface area contributed by atoms with Crippen molar-refractivity contribution in [3.63, 3.8) is 0 Å². The normalized spacial score (nSPS) is 10.9. The molecule has 0 saturated carbocycles. The molecule has 0 fully saturated rings. The number of aryl methyl sites for hydroxylation is 2. The Morgan fingerprint density at radius 3 is 2.71 bits per heavy atom. The molecule has 0 unspecified atom stereocenters. The van der Waals surface area contributed by atoms with Crippen LogP contribution in [-0.2, 0) is 6.54 Å². The number of nitrogens with zero attached hydrogens (tertiary/aromatic N) is 4. The zero-order valence-corrected chi connectivity index (χ0v) is 13.1. The summed E-state index contributed by atoms with van der Waals surface area (Å²) in [7, 11) is 0. The number of aromatic hydroxyl groups is 1. The molecular formula is C16H14N4O4. The van der Waals surface area contributed by atoms with E-state index in [4.69, 9.17) is 0 Å². The van der Waals surface area contributed by atoms with Gasteiger partial charge in [0, 0.05) is 11.9 Å². The molecule has 0 aliphatic heterocycles. The third-order valence-electron chi connectivity index (χ3n) is 3.79. The lowest BCUT2D eigenvalue weighted by Crippen LogP contribution is -2.22. The molecule has 1 aromatic carbocycles. The van der Waals surface area contributed by atoms with Crippen LogP contribution >= 0.6 is 0 Å². The molecule has 0 spiro atoms. The third kappa shape index (κ3) is 2.28. The van der Waals surface area contributed by atoms with Crippen LogP contribution < -0.4 is 5.56 Å². The molecule has 1 N–H and O–H groups in total. The number of nitro groups is 1. The Morgan fingerprint density at radius 1 is 1.33 bits per heavy atom. The summed E-state index contributed by atoms with van der Waals surface area (Å²) in [6.07, 6.45) is 1.04. The Kier molecular flexibility index (Phi) is 3.72. The van der Waals surface area contributed by atoms with Gasteiger partial charge in [0.25, 0.3) is 5.56 Å². The standard InChI is InChI=1S/C16H14N4O4/c1-3-19-11-7-5-4-6-10(11)15(21)13(16(19)22)14-12(20(23)24)8-17-9(2)18-14/h4-8,21H,3H2,1-2H3. The van der Waals surface area contributed by atoms with E-state index in [1.165, 1.54) is 4.57 Å². The molecular weight excluding hydrogens is 312 g/mol. The fourth-order valence-corrected chi connectivity index (χ4v) is 2.70. The first-order valence-corrected chi connectivity index (χ1v) is 7.28. The van der Waals surface area contributed by atoms with Crippen molar-refractivity contribution in [2.45, 2.75) is 20.4 Å². The maximum absolute atomic E-state index is 12.8. The van der Waals surface area contributed by atoms with Gasteiger partial charge in [0.2, 0.25) is 0 Å². The summed E-state index contributed by atoms with van der Waals surface area (Å²) in [4.78, 5) is 31.3. The van der Waals surface area contributed by atoms with Gasteiger partial charge in [0.1, 0.15) is 23.3 Å². The molecule has 0 amide bonds. The summed E-state index contributed by atoms with van der Waals surface area (Å²) in [5, 5.41) is 22.3. The van der Waals surface area contributed by atoms with E-state index in [2.05, 4.69) is 9.97 Å². The molecule has 0 saturated heterocycles. The van der Waals surface area contributed by atoms with Crippen LogP contribution in [0, 0.1) is 17.0 Å². The summed E-state index contributed by atoms with van der Waals surface area (Å²) in [6, 6.07) is 6.84. The van der Waals surface area contributed by atoms with Crippen LogP contribution in [0.1, 0.15) is 12.7 Å². The predicted octanol–water partition coefficient (Wildman–Crippen LogP) is 2.40. The van der Waals surface area contributed by atoms with Crippen molar-refractivity contribution in [2.24, 2.45) is 0 Å². The van der Waals surface area contributed by atoms with Crippen LogP contribution in [0.3, 0.4) is 0 Å². The number of benzene rings is 1. The summed E-state index contributed by atoms with van der Waals surface area (Å²) in [5.74, 6) is -0.0490. The largest absolute Gasteiger partial charge is 0.506 e. The molecule has 122 valence electrons. The molecule has 3 rings (SSSR count). The van der Waals surface area contributed by atoms with E-state index in [0.29, 0.717) is 17.4 Å². The molecule has 2 aromatic heterocycles. The lowest BCUT2D eigenvalue weighted by Gasteiger charge is -2.13. The molecule has 8 nitrogen and oxygen atoms in total. The van der Waals surface area contributed by atoms with Crippen molar-refractivity contribution in [3.8, 4) is 17.0 Å². The Morgan fingerprint density at radius 2 is 2.04 bits per heavy atom. The van der Waals surface area contributed by atoms with Gasteiger partial charge in [0.15, 0.2) is 5.69 Å². The lowest BCUT2D eigenvalue weighted by atomic mass is 10.1. The first-order chi connectivity index (χ1) is 11.5. The second kappa shape index (κ2) is 5.73. The second-order valence-corrected chi connectivity index (χ2v) is 5.20. The summed E-state index contributed by atoms with van der Waals surface area (Å²) in [5.41, 5.74) is -0.767. The molecule has 0 aliphatic carbocycles. The quantitative estimate of drug-likeness (QED) is 0.584. The van der Waals surface area contributed by atoms with Crippen molar-refractivity contribution < 1.29 is 10.0 Å². The lowest BCUT2D eigenvalue weighted by molar-refractivity contribution is -0.384. The van der Waals surface area contributed by atoms with Gasteiger partial charge >= 0.3 is 5.69 Å². The average Bonchev–Trinajstić information content (AvgIpc) is 2.55. The number of hydrogen-bond donors (Lipinski definition) is 1. The van der Waals surface area contributed by atoms with Crippen LogP contribution in [0.15, 0.2) is 35.3 Å². The van der Waals surface area contributed by atoms with E-state index in [9.17, 15) is 20.0 Å². The molecule has 0 radical (unpaired) electrons. The fourth-order valence-electron chi connectivity index (χ4n) is 2.70. The van der Waals surface area contributed by atoms with E-state index in [-0.39, 0.29) is 22.8 Å². The highest BCUT2D eigenvalue weighted by Crippen LogP contribution is 2.35. The Bertz CT molecular complexity index is 1030. The molecule has 2 heterocycles. The smallest absolute Gasteiger partial charge is 0.313 e. The SMILES string of the molecule is CCn1c(=O)c(-c2nc(C)ncc2[N+](=O)[O-])c(O)c2ccccc21. The van der Waals surface area contributed by atoms with E-state index in [1.54, 1.807) is 38.1 Å². The maximum Gasteiger partial charge on any atom is 0.313 e. The summed E-state index contributed by atoms with van der Waals surface area (Å²) < 4.78 is 1.45. The topological polar surface area (TPSA) is 111 Å². The first-order valence-electron chi connectivity index (χ1n) is 7.28. The van der Waals surface area contributed by atoms with Crippen LogP contribution in [0.4, 0.5) is 5.69 Å². The minimum atomic E-state index is -0.668. The van der Waals surface area contributed by atoms with Gasteiger partial charge in [-0.2, -0.15) is 0 Å². The predicted molar refractivity (Wildman–Crippen MR) is 88.0 cm³/mol. The van der Waals surface area contributed by atoms with Crippen LogP contribution in [0.2, 0.25) is 0 Å². The number of aromatic nitrogens is 3. The van der Waals surface area contributed by atoms with Crippen LogP contribution in [-0.4, -0.2) is 24.6 Å². The van der Waals surface area contributed by atoms with Gasteiger partial charge in [-0.3, -0.25) is 14.9 Å². The monoisotopic (exact) mass is 326 g/mol. The Hall–Kier alpha value is -3.29. The summed E-state index contributed by atoms with van der Waals surface area (Å²) >= 11 is 0. The van der Waals surface area contributed by atoms with Crippen molar-refractivity contribution in [1.82, 2.24) is 14.5 Å². The molecule has 8 heteroatoms. The fraction of sp³-hybridized carbons (Fsp3) is 0.188. The van der Waals surface area contributed by atoms with Crippen LogP contribution in [0.25, 0.3) is 22.2 Å². The minimum absolute atomic E-state index is 0.178. The molecule has 0 bridgehead atoms. The summed E-state index contributed by atoms with van der Waals surface area (Å²) in [6.45, 7) is 3.70. The number of para-hydroxylation sites is 1. The molecule has 3 aromatic rings. The Balaban J connectivity index is 2.51. The maximum atomic E-state index is 12.8. The highest BCUT2D eigenvalue weighted by Gasteiger charge is 2.26. The van der Waals surface area contributed by atoms with Gasteiger partial charge in [0.05, 0.1) is 10.4 Å². The number of rotatable bonds is 3. The van der Waals surface area contributed by atoms with Gasteiger partial charge in [-0.05, 0) is 26.0 Å². The van der Waals surface area contributed by atoms with Crippen molar-refractivity contribution >= 4 is 16.6 Å². The van der Waals surface area contributed by atoms with Crippen molar-refractivity contribution in [3.05, 3.63) is 56.8 Å². The zero-order valence-electron chi connectivity index (χ0n) is 13.1. The number of fused-ring (bicyclic) bond motifs is 1. The van der Waals surface area contributed by atoms with Gasteiger partial charge in [-0.25, -0.2) is 9.97 Å². The van der Waals surface area contributed by atoms with Crippen molar-refractivity contribution in [1.29, 1.82) is 0 Å². The van der Waals surface area contributed by atoms with Crippen LogP contribution in [0.5, 0.6) is 5.75 Å². The van der Waals surface area contributed by atoms with E-state index in [0.717, 1.165) is 6.20 Å².